The summed E-state index contributed by atoms with van der Waals surface area (Å²) in [6.45, 7) is 0.351. The molecule has 0 N–H and O–H groups in total. The molecule has 0 saturated carbocycles. The van der Waals surface area contributed by atoms with Gasteiger partial charge in [-0.1, -0.05) is 17.8 Å². The predicted octanol–water partition coefficient (Wildman–Crippen LogP) is 3.07. The van der Waals surface area contributed by atoms with Crippen molar-refractivity contribution >= 4 is 39.0 Å². The fourth-order valence-electron chi connectivity index (χ4n) is 2.08. The fraction of sp³-hybridized carbons (Fsp3) is 0.200. The number of benzene rings is 1. The zero-order valence-corrected chi connectivity index (χ0v) is 14.3. The molecule has 0 amide bonds. The molecule has 0 spiro atoms. The highest BCUT2D eigenvalue weighted by molar-refractivity contribution is 7.99. The zero-order valence-electron chi connectivity index (χ0n) is 12.7. The van der Waals surface area contributed by atoms with Crippen LogP contribution in [0.5, 0.6) is 5.75 Å². The number of aromatic nitrogens is 2. The molecule has 0 unspecified atom stereocenters. The Balaban J connectivity index is 1.63. The van der Waals surface area contributed by atoms with Crippen LogP contribution in [0.3, 0.4) is 0 Å². The van der Waals surface area contributed by atoms with Crippen molar-refractivity contribution in [3.05, 3.63) is 56.2 Å². The van der Waals surface area contributed by atoms with Gasteiger partial charge in [0.1, 0.15) is 10.4 Å². The number of thioether (sulfide) groups is 1. The number of fused-ring (bicyclic) bond motifs is 1. The van der Waals surface area contributed by atoms with E-state index in [9.17, 15) is 14.9 Å². The normalized spacial score (nSPS) is 10.9. The van der Waals surface area contributed by atoms with Crippen molar-refractivity contribution in [1.82, 2.24) is 9.55 Å². The maximum atomic E-state index is 12.2. The van der Waals surface area contributed by atoms with Crippen LogP contribution >= 0.6 is 23.1 Å². The molecule has 2 aromatic heterocycles. The Labute approximate surface area is 145 Å². The highest BCUT2D eigenvalue weighted by Gasteiger charge is 2.10. The Morgan fingerprint density at radius 2 is 2.25 bits per heavy atom. The van der Waals surface area contributed by atoms with Crippen LogP contribution in [-0.4, -0.2) is 26.8 Å². The molecule has 3 aromatic rings. The van der Waals surface area contributed by atoms with Gasteiger partial charge in [-0.3, -0.25) is 19.5 Å². The third-order valence-corrected chi connectivity index (χ3v) is 5.14. The van der Waals surface area contributed by atoms with E-state index in [1.807, 2.05) is 11.4 Å². The highest BCUT2D eigenvalue weighted by atomic mass is 32.2. The van der Waals surface area contributed by atoms with Crippen LogP contribution in [0.4, 0.5) is 5.69 Å². The number of rotatable bonds is 6. The smallest absolute Gasteiger partial charge is 0.273 e. The number of ether oxygens (including phenoxy) is 1. The summed E-state index contributed by atoms with van der Waals surface area (Å²) in [5.41, 5.74) is 0.634. The Morgan fingerprint density at radius 1 is 1.42 bits per heavy atom. The lowest BCUT2D eigenvalue weighted by Gasteiger charge is -2.08. The summed E-state index contributed by atoms with van der Waals surface area (Å²) in [6, 6.07) is 7.87. The molecule has 0 aliphatic rings. The molecule has 9 heteroatoms. The first-order chi connectivity index (χ1) is 11.6. The number of nitro benzene ring substituents is 1. The molecule has 0 saturated heterocycles. The van der Waals surface area contributed by atoms with Gasteiger partial charge in [0.2, 0.25) is 0 Å². The van der Waals surface area contributed by atoms with E-state index in [-0.39, 0.29) is 11.2 Å². The molecule has 2 heterocycles. The average molecular weight is 363 g/mol. The summed E-state index contributed by atoms with van der Waals surface area (Å²) in [5, 5.41) is 13.2. The summed E-state index contributed by atoms with van der Waals surface area (Å²) in [5.74, 6) is 1.01. The summed E-state index contributed by atoms with van der Waals surface area (Å²) in [4.78, 5) is 26.9. The van der Waals surface area contributed by atoms with Crippen molar-refractivity contribution in [3.63, 3.8) is 0 Å². The summed E-state index contributed by atoms with van der Waals surface area (Å²) < 4.78 is 7.70. The van der Waals surface area contributed by atoms with E-state index >= 15 is 0 Å². The molecular weight excluding hydrogens is 350 g/mol. The van der Waals surface area contributed by atoms with Gasteiger partial charge in [-0.15, -0.1) is 11.3 Å². The van der Waals surface area contributed by atoms with Gasteiger partial charge in [-0.25, -0.2) is 4.98 Å². The van der Waals surface area contributed by atoms with Gasteiger partial charge >= 0.3 is 0 Å². The molecule has 24 heavy (non-hydrogen) atoms. The van der Waals surface area contributed by atoms with Gasteiger partial charge in [0.05, 0.1) is 23.1 Å². The lowest BCUT2D eigenvalue weighted by molar-refractivity contribution is -0.384. The average Bonchev–Trinajstić information content (AvgIpc) is 3.04. The minimum Gasteiger partial charge on any atom is -0.492 e. The second-order valence-electron chi connectivity index (χ2n) is 4.84. The van der Waals surface area contributed by atoms with Crippen LogP contribution in [0.15, 0.2) is 45.7 Å². The summed E-state index contributed by atoms with van der Waals surface area (Å²) >= 11 is 2.79. The summed E-state index contributed by atoms with van der Waals surface area (Å²) in [6.07, 6.45) is 0. The largest absolute Gasteiger partial charge is 0.492 e. The maximum absolute atomic E-state index is 12.2. The van der Waals surface area contributed by atoms with Crippen LogP contribution in [0.2, 0.25) is 0 Å². The second-order valence-corrected chi connectivity index (χ2v) is 6.82. The molecule has 0 bridgehead atoms. The van der Waals surface area contributed by atoms with Crippen LogP contribution < -0.4 is 10.3 Å². The number of nitro groups is 1. The van der Waals surface area contributed by atoms with Gasteiger partial charge in [-0.2, -0.15) is 0 Å². The summed E-state index contributed by atoms with van der Waals surface area (Å²) in [7, 11) is 1.69. The molecule has 3 rings (SSSR count). The molecule has 0 atom stereocenters. The number of non-ortho nitro benzene ring substituents is 1. The molecule has 124 valence electrons. The van der Waals surface area contributed by atoms with Crippen LogP contribution in [-0.2, 0) is 7.05 Å². The van der Waals surface area contributed by atoms with E-state index in [4.69, 9.17) is 4.74 Å². The van der Waals surface area contributed by atoms with Crippen LogP contribution in [0.1, 0.15) is 0 Å². The molecule has 7 nitrogen and oxygen atoms in total. The first-order valence-electron chi connectivity index (χ1n) is 7.00. The molecular formula is C15H13N3O4S2. The van der Waals surface area contributed by atoms with Crippen molar-refractivity contribution in [3.8, 4) is 5.75 Å². The monoisotopic (exact) mass is 363 g/mol. The van der Waals surface area contributed by atoms with Crippen LogP contribution in [0.25, 0.3) is 10.2 Å². The Morgan fingerprint density at radius 3 is 3.04 bits per heavy atom. The quantitative estimate of drug-likeness (QED) is 0.220. The fourth-order valence-corrected chi connectivity index (χ4v) is 3.67. The first-order valence-corrected chi connectivity index (χ1v) is 8.87. The van der Waals surface area contributed by atoms with E-state index in [1.165, 1.54) is 39.8 Å². The molecule has 0 aliphatic carbocycles. The minimum atomic E-state index is -0.461. The first kappa shape index (κ1) is 16.5. The Hall–Kier alpha value is -2.39. The van der Waals surface area contributed by atoms with E-state index in [0.29, 0.717) is 33.5 Å². The lowest BCUT2D eigenvalue weighted by atomic mass is 10.3. The van der Waals surface area contributed by atoms with Gasteiger partial charge in [-0.05, 0) is 17.5 Å². The SMILES string of the molecule is Cn1c(SCCOc2cccc([N+](=O)[O-])c2)nc2ccsc2c1=O. The van der Waals surface area contributed by atoms with E-state index in [2.05, 4.69) is 4.98 Å². The third kappa shape index (κ3) is 3.41. The van der Waals surface area contributed by atoms with Gasteiger partial charge in [0, 0.05) is 18.9 Å². The number of nitrogens with zero attached hydrogens (tertiary/aromatic N) is 3. The predicted molar refractivity (Wildman–Crippen MR) is 94.2 cm³/mol. The van der Waals surface area contributed by atoms with Crippen molar-refractivity contribution in [2.24, 2.45) is 7.05 Å². The van der Waals surface area contributed by atoms with Crippen molar-refractivity contribution in [2.75, 3.05) is 12.4 Å². The van der Waals surface area contributed by atoms with E-state index in [0.717, 1.165) is 0 Å². The van der Waals surface area contributed by atoms with Crippen molar-refractivity contribution in [1.29, 1.82) is 0 Å². The number of hydrogen-bond acceptors (Lipinski definition) is 7. The number of hydrogen-bond donors (Lipinski definition) is 0. The second kappa shape index (κ2) is 7.02. The van der Waals surface area contributed by atoms with E-state index < -0.39 is 4.92 Å². The third-order valence-electron chi connectivity index (χ3n) is 3.26. The Kier molecular flexibility index (Phi) is 4.81. The standard InChI is InChI=1S/C15H13N3O4S2/c1-17-14(19)13-12(5-7-23-13)16-15(17)24-8-6-22-11-4-2-3-10(9-11)18(20)21/h2-5,7,9H,6,8H2,1H3. The van der Waals surface area contributed by atoms with Gasteiger partial charge < -0.3 is 4.74 Å². The molecule has 0 aliphatic heterocycles. The highest BCUT2D eigenvalue weighted by Crippen LogP contribution is 2.22. The van der Waals surface area contributed by atoms with Gasteiger partial charge in [0.25, 0.3) is 11.2 Å². The van der Waals surface area contributed by atoms with Crippen LogP contribution in [0, 0.1) is 10.1 Å². The molecule has 0 radical (unpaired) electrons. The zero-order chi connectivity index (χ0) is 17.1. The maximum Gasteiger partial charge on any atom is 0.273 e. The lowest BCUT2D eigenvalue weighted by Crippen LogP contribution is -2.19. The van der Waals surface area contributed by atoms with Gasteiger partial charge in [0.15, 0.2) is 5.16 Å². The van der Waals surface area contributed by atoms with Crippen molar-refractivity contribution in [2.45, 2.75) is 5.16 Å². The minimum absolute atomic E-state index is 0.00729. The Bertz CT molecular complexity index is 951. The molecule has 1 aromatic carbocycles. The topological polar surface area (TPSA) is 87.3 Å². The molecule has 0 fully saturated rings. The van der Waals surface area contributed by atoms with E-state index in [1.54, 1.807) is 19.2 Å². The number of thiophene rings is 1. The van der Waals surface area contributed by atoms with Crippen molar-refractivity contribution < 1.29 is 9.66 Å².